The van der Waals surface area contributed by atoms with Gasteiger partial charge >= 0.3 is 5.97 Å². The number of carbonyl (C=O) groups is 2. The van der Waals surface area contributed by atoms with Crippen molar-refractivity contribution in [3.8, 4) is 11.1 Å². The third-order valence-corrected chi connectivity index (χ3v) is 2.60. The van der Waals surface area contributed by atoms with E-state index in [4.69, 9.17) is 0 Å². The number of nitrogens with zero attached hydrogens (tertiary/aromatic N) is 1. The van der Waals surface area contributed by atoms with Gasteiger partial charge in [-0.1, -0.05) is 0 Å². The fourth-order valence-electron chi connectivity index (χ4n) is 1.64. The average Bonchev–Trinajstić information content (AvgIpc) is 2.48. The van der Waals surface area contributed by atoms with Crippen LogP contribution in [0.2, 0.25) is 0 Å². The van der Waals surface area contributed by atoms with Crippen molar-refractivity contribution in [3.63, 3.8) is 0 Å². The predicted molar refractivity (Wildman–Crippen MR) is 75.6 cm³/mol. The first-order valence-electron chi connectivity index (χ1n) is 6.12. The Balaban J connectivity index is 2.18. The van der Waals surface area contributed by atoms with Crippen molar-refractivity contribution in [2.24, 2.45) is 0 Å². The summed E-state index contributed by atoms with van der Waals surface area (Å²) in [6.07, 6.45) is 4.79. The number of ether oxygens (including phenoxy) is 1. The van der Waals surface area contributed by atoms with Crippen LogP contribution in [0.15, 0.2) is 41.6 Å². The molecule has 0 atom stereocenters. The summed E-state index contributed by atoms with van der Waals surface area (Å²) in [6, 6.07) is 5.09. The monoisotopic (exact) mass is 287 g/mol. The Bertz CT molecular complexity index is 710. The van der Waals surface area contributed by atoms with Crippen LogP contribution in [0.3, 0.4) is 0 Å². The Morgan fingerprint density at radius 3 is 2.67 bits per heavy atom. The highest BCUT2D eigenvalue weighted by Gasteiger charge is 2.09. The van der Waals surface area contributed by atoms with Crippen LogP contribution in [0.25, 0.3) is 11.1 Å². The number of anilines is 1. The molecule has 0 aliphatic heterocycles. The Labute approximate surface area is 120 Å². The van der Waals surface area contributed by atoms with Crippen molar-refractivity contribution in [1.82, 2.24) is 9.97 Å². The third kappa shape index (κ3) is 4.00. The van der Waals surface area contributed by atoms with E-state index in [9.17, 15) is 14.4 Å². The number of aromatic amines is 1. The van der Waals surface area contributed by atoms with Gasteiger partial charge in [-0.05, 0) is 23.8 Å². The molecule has 0 fully saturated rings. The van der Waals surface area contributed by atoms with Crippen molar-refractivity contribution in [2.75, 3.05) is 11.9 Å². The zero-order valence-electron chi connectivity index (χ0n) is 11.3. The molecule has 2 aromatic rings. The molecule has 0 unspecified atom stereocenters. The van der Waals surface area contributed by atoms with Crippen molar-refractivity contribution in [2.45, 2.75) is 6.92 Å². The molecule has 2 heterocycles. The number of rotatable bonds is 4. The second-order valence-electron chi connectivity index (χ2n) is 4.20. The van der Waals surface area contributed by atoms with E-state index < -0.39 is 24.0 Å². The highest BCUT2D eigenvalue weighted by molar-refractivity contribution is 5.93. The van der Waals surface area contributed by atoms with E-state index in [1.807, 2.05) is 0 Å². The molecular formula is C14H13N3O4. The number of hydrogen-bond acceptors (Lipinski definition) is 5. The first kappa shape index (κ1) is 14.4. The Morgan fingerprint density at radius 2 is 2.00 bits per heavy atom. The number of nitrogens with one attached hydrogen (secondary N) is 2. The molecule has 2 aromatic heterocycles. The molecule has 0 saturated heterocycles. The molecule has 7 nitrogen and oxygen atoms in total. The molecule has 2 N–H and O–H groups in total. The van der Waals surface area contributed by atoms with Crippen molar-refractivity contribution in [1.29, 1.82) is 0 Å². The highest BCUT2D eigenvalue weighted by atomic mass is 16.5. The molecular weight excluding hydrogens is 274 g/mol. The summed E-state index contributed by atoms with van der Waals surface area (Å²) >= 11 is 0. The van der Waals surface area contributed by atoms with Crippen molar-refractivity contribution >= 4 is 17.6 Å². The van der Waals surface area contributed by atoms with E-state index in [2.05, 4.69) is 20.0 Å². The normalized spacial score (nSPS) is 9.95. The largest absolute Gasteiger partial charge is 0.456 e. The summed E-state index contributed by atoms with van der Waals surface area (Å²) in [4.78, 5) is 40.3. The van der Waals surface area contributed by atoms with Gasteiger partial charge in [0, 0.05) is 31.1 Å². The standard InChI is InChI=1S/C14H13N3O4/c1-9(18)21-8-13(19)17-12-6-11(7-16-14(12)20)10-2-4-15-5-3-10/h2-7H,8H2,1H3,(H,16,20)(H,17,19). The lowest BCUT2D eigenvalue weighted by Crippen LogP contribution is -2.24. The first-order chi connectivity index (χ1) is 10.1. The van der Waals surface area contributed by atoms with Gasteiger partial charge in [0.15, 0.2) is 6.61 Å². The minimum atomic E-state index is -0.581. The van der Waals surface area contributed by atoms with Crippen LogP contribution < -0.4 is 10.9 Å². The van der Waals surface area contributed by atoms with Crippen LogP contribution in [0.4, 0.5) is 5.69 Å². The topological polar surface area (TPSA) is 101 Å². The maximum atomic E-state index is 11.7. The SMILES string of the molecule is CC(=O)OCC(=O)Nc1cc(-c2ccncc2)c[nH]c1=O. The predicted octanol–water partition coefficient (Wildman–Crippen LogP) is 0.938. The van der Waals surface area contributed by atoms with Gasteiger partial charge in [0.05, 0.1) is 0 Å². The molecule has 0 saturated carbocycles. The smallest absolute Gasteiger partial charge is 0.303 e. The van der Waals surface area contributed by atoms with Crippen LogP contribution in [-0.4, -0.2) is 28.5 Å². The highest BCUT2D eigenvalue weighted by Crippen LogP contribution is 2.18. The van der Waals surface area contributed by atoms with Crippen molar-refractivity contribution in [3.05, 3.63) is 47.1 Å². The lowest BCUT2D eigenvalue weighted by molar-refractivity contribution is -0.144. The number of H-pyrrole nitrogens is 1. The summed E-state index contributed by atoms with van der Waals surface area (Å²) in [5.74, 6) is -1.15. The number of hydrogen-bond donors (Lipinski definition) is 2. The molecule has 21 heavy (non-hydrogen) atoms. The summed E-state index contributed by atoms with van der Waals surface area (Å²) < 4.78 is 4.56. The van der Waals surface area contributed by atoms with E-state index in [0.29, 0.717) is 0 Å². The number of pyridine rings is 2. The maximum Gasteiger partial charge on any atom is 0.303 e. The van der Waals surface area contributed by atoms with E-state index in [1.165, 1.54) is 6.92 Å². The number of amides is 1. The lowest BCUT2D eigenvalue weighted by Gasteiger charge is -2.07. The molecule has 108 valence electrons. The first-order valence-corrected chi connectivity index (χ1v) is 6.12. The van der Waals surface area contributed by atoms with Gasteiger partial charge in [-0.25, -0.2) is 0 Å². The molecule has 2 rings (SSSR count). The fraction of sp³-hybridized carbons (Fsp3) is 0.143. The summed E-state index contributed by atoms with van der Waals surface area (Å²) in [5.41, 5.74) is 1.21. The van der Waals surface area contributed by atoms with E-state index in [1.54, 1.807) is 36.8 Å². The molecule has 0 bridgehead atoms. The summed E-state index contributed by atoms with van der Waals surface area (Å²) in [5, 5.41) is 2.40. The number of esters is 1. The third-order valence-electron chi connectivity index (χ3n) is 2.60. The van der Waals surface area contributed by atoms with Gasteiger partial charge in [0.2, 0.25) is 0 Å². The maximum absolute atomic E-state index is 11.7. The number of aromatic nitrogens is 2. The van der Waals surface area contributed by atoms with Gasteiger partial charge in [-0.2, -0.15) is 0 Å². The zero-order chi connectivity index (χ0) is 15.2. The molecule has 7 heteroatoms. The van der Waals surface area contributed by atoms with Crippen LogP contribution >= 0.6 is 0 Å². The Kier molecular flexibility index (Phi) is 4.45. The molecule has 0 aliphatic carbocycles. The molecule has 0 aliphatic rings. The second kappa shape index (κ2) is 6.47. The fourth-order valence-corrected chi connectivity index (χ4v) is 1.64. The number of carbonyl (C=O) groups excluding carboxylic acids is 2. The molecule has 0 spiro atoms. The summed E-state index contributed by atoms with van der Waals surface area (Å²) in [6.45, 7) is 0.762. The van der Waals surface area contributed by atoms with Crippen LogP contribution in [0.1, 0.15) is 6.92 Å². The zero-order valence-corrected chi connectivity index (χ0v) is 11.3. The van der Waals surface area contributed by atoms with Gasteiger partial charge in [-0.15, -0.1) is 0 Å². The molecule has 0 radical (unpaired) electrons. The van der Waals surface area contributed by atoms with Gasteiger partial charge < -0.3 is 15.0 Å². The molecule has 1 amide bonds. The Hall–Kier alpha value is -2.96. The van der Waals surface area contributed by atoms with E-state index >= 15 is 0 Å². The van der Waals surface area contributed by atoms with Gasteiger partial charge in [0.1, 0.15) is 5.69 Å². The van der Waals surface area contributed by atoms with Crippen LogP contribution in [0.5, 0.6) is 0 Å². The quantitative estimate of drug-likeness (QED) is 0.815. The van der Waals surface area contributed by atoms with Crippen LogP contribution in [0, 0.1) is 0 Å². The van der Waals surface area contributed by atoms with E-state index in [-0.39, 0.29) is 5.69 Å². The lowest BCUT2D eigenvalue weighted by atomic mass is 10.1. The van der Waals surface area contributed by atoms with Gasteiger partial charge in [0.25, 0.3) is 11.5 Å². The van der Waals surface area contributed by atoms with Crippen LogP contribution in [-0.2, 0) is 14.3 Å². The minimum Gasteiger partial charge on any atom is -0.456 e. The van der Waals surface area contributed by atoms with E-state index in [0.717, 1.165) is 11.1 Å². The molecule has 0 aromatic carbocycles. The minimum absolute atomic E-state index is 0.0847. The van der Waals surface area contributed by atoms with Crippen molar-refractivity contribution < 1.29 is 14.3 Å². The second-order valence-corrected chi connectivity index (χ2v) is 4.20. The summed E-state index contributed by atoms with van der Waals surface area (Å²) in [7, 11) is 0. The average molecular weight is 287 g/mol. The van der Waals surface area contributed by atoms with Gasteiger partial charge in [-0.3, -0.25) is 19.4 Å². The Morgan fingerprint density at radius 1 is 1.29 bits per heavy atom.